The van der Waals surface area contributed by atoms with Crippen LogP contribution in [0, 0.1) is 11.3 Å². The van der Waals surface area contributed by atoms with Crippen LogP contribution < -0.4 is 0 Å². The molecule has 0 amide bonds. The summed E-state index contributed by atoms with van der Waals surface area (Å²) >= 11 is 0. The molecule has 0 aliphatic heterocycles. The first-order valence-corrected chi connectivity index (χ1v) is 11.5. The number of esters is 2. The van der Waals surface area contributed by atoms with Crippen molar-refractivity contribution in [1.29, 1.82) is 0 Å². The number of rotatable bonds is 14. The van der Waals surface area contributed by atoms with Crippen LogP contribution in [0.3, 0.4) is 0 Å². The number of unbranched alkanes of at least 4 members (excludes halogenated alkanes) is 7. The summed E-state index contributed by atoms with van der Waals surface area (Å²) in [5.41, 5.74) is 0.467. The molecule has 0 N–H and O–H groups in total. The molecule has 0 saturated carbocycles. The van der Waals surface area contributed by atoms with E-state index in [0.29, 0.717) is 13.2 Å². The zero-order chi connectivity index (χ0) is 22.4. The Kier molecular flexibility index (Phi) is 12.3. The topological polar surface area (TPSA) is 65.5 Å². The Bertz CT molecular complexity index is 636. The highest BCUT2D eigenvalue weighted by Gasteiger charge is 2.18. The van der Waals surface area contributed by atoms with E-state index in [-0.39, 0.29) is 22.7 Å². The standard InChI is InChI=1S/C25H41NO4/c1-6-7-8-9-10-11-12-13-17-29-23(27)21-15-14-16-22(26-21)24(28)30-19-20(2)18-25(3,4)5/h14-16,20H,6-13,17-19H2,1-5H3. The minimum Gasteiger partial charge on any atom is -0.461 e. The number of hydrogen-bond donors (Lipinski definition) is 0. The second-order valence-electron chi connectivity index (χ2n) is 9.49. The van der Waals surface area contributed by atoms with E-state index >= 15 is 0 Å². The van der Waals surface area contributed by atoms with Crippen molar-refractivity contribution in [2.24, 2.45) is 11.3 Å². The van der Waals surface area contributed by atoms with Crippen LogP contribution in [0.2, 0.25) is 0 Å². The molecule has 5 heteroatoms. The third-order valence-corrected chi connectivity index (χ3v) is 4.86. The quantitative estimate of drug-likeness (QED) is 0.251. The highest BCUT2D eigenvalue weighted by atomic mass is 16.5. The van der Waals surface area contributed by atoms with Crippen LogP contribution in [0.5, 0.6) is 0 Å². The van der Waals surface area contributed by atoms with E-state index in [1.165, 1.54) is 38.5 Å². The summed E-state index contributed by atoms with van der Waals surface area (Å²) in [6, 6.07) is 4.76. The Balaban J connectivity index is 2.34. The Morgan fingerprint density at radius 3 is 2.00 bits per heavy atom. The van der Waals surface area contributed by atoms with Crippen molar-refractivity contribution in [3.05, 3.63) is 29.6 Å². The molecular weight excluding hydrogens is 378 g/mol. The summed E-state index contributed by atoms with van der Waals surface area (Å²) in [7, 11) is 0. The molecule has 0 aliphatic rings. The van der Waals surface area contributed by atoms with Crippen LogP contribution in [0.4, 0.5) is 0 Å². The maximum atomic E-state index is 12.3. The van der Waals surface area contributed by atoms with Gasteiger partial charge in [-0.05, 0) is 36.3 Å². The maximum absolute atomic E-state index is 12.3. The lowest BCUT2D eigenvalue weighted by atomic mass is 9.86. The lowest BCUT2D eigenvalue weighted by molar-refractivity contribution is 0.0412. The molecule has 30 heavy (non-hydrogen) atoms. The summed E-state index contributed by atoms with van der Waals surface area (Å²) in [5, 5.41) is 0. The van der Waals surface area contributed by atoms with Crippen molar-refractivity contribution in [2.45, 2.75) is 92.4 Å². The highest BCUT2D eigenvalue weighted by molar-refractivity contribution is 5.91. The molecule has 0 fully saturated rings. The smallest absolute Gasteiger partial charge is 0.356 e. The molecule has 1 aromatic rings. The number of aromatic nitrogens is 1. The van der Waals surface area contributed by atoms with Gasteiger partial charge < -0.3 is 9.47 Å². The molecule has 1 atom stereocenters. The number of nitrogens with zero attached hydrogens (tertiary/aromatic N) is 1. The van der Waals surface area contributed by atoms with Crippen molar-refractivity contribution in [1.82, 2.24) is 4.98 Å². The van der Waals surface area contributed by atoms with E-state index < -0.39 is 11.9 Å². The Labute approximate surface area is 183 Å². The molecule has 0 aliphatic carbocycles. The van der Waals surface area contributed by atoms with Crippen LogP contribution in [-0.4, -0.2) is 30.1 Å². The van der Waals surface area contributed by atoms with E-state index in [4.69, 9.17) is 9.47 Å². The SMILES string of the molecule is CCCCCCCCCCOC(=O)c1cccc(C(=O)OCC(C)CC(C)(C)C)n1. The van der Waals surface area contributed by atoms with Crippen LogP contribution in [0.1, 0.15) is 113 Å². The largest absolute Gasteiger partial charge is 0.461 e. The van der Waals surface area contributed by atoms with Crippen LogP contribution in [-0.2, 0) is 9.47 Å². The van der Waals surface area contributed by atoms with Crippen LogP contribution in [0.25, 0.3) is 0 Å². The van der Waals surface area contributed by atoms with E-state index in [0.717, 1.165) is 19.3 Å². The first-order valence-electron chi connectivity index (χ1n) is 11.5. The molecule has 1 unspecified atom stereocenters. The van der Waals surface area contributed by atoms with Gasteiger partial charge in [0.2, 0.25) is 0 Å². The van der Waals surface area contributed by atoms with E-state index in [1.807, 2.05) is 0 Å². The first-order chi connectivity index (χ1) is 14.2. The summed E-state index contributed by atoms with van der Waals surface area (Å²) in [6.45, 7) is 11.5. The highest BCUT2D eigenvalue weighted by Crippen LogP contribution is 2.24. The van der Waals surface area contributed by atoms with E-state index in [9.17, 15) is 9.59 Å². The fraction of sp³-hybridized carbons (Fsp3) is 0.720. The fourth-order valence-corrected chi connectivity index (χ4v) is 3.53. The van der Waals surface area contributed by atoms with Gasteiger partial charge >= 0.3 is 11.9 Å². The average Bonchev–Trinajstić information content (AvgIpc) is 2.69. The third-order valence-electron chi connectivity index (χ3n) is 4.86. The normalized spacial score (nSPS) is 12.4. The van der Waals surface area contributed by atoms with Gasteiger partial charge in [0.05, 0.1) is 13.2 Å². The molecule has 1 heterocycles. The van der Waals surface area contributed by atoms with Crippen molar-refractivity contribution < 1.29 is 19.1 Å². The molecule has 5 nitrogen and oxygen atoms in total. The molecule has 0 bridgehead atoms. The maximum Gasteiger partial charge on any atom is 0.356 e. The zero-order valence-electron chi connectivity index (χ0n) is 19.7. The number of carbonyl (C=O) groups is 2. The Morgan fingerprint density at radius 2 is 1.43 bits per heavy atom. The number of ether oxygens (including phenoxy) is 2. The average molecular weight is 420 g/mol. The van der Waals surface area contributed by atoms with Gasteiger partial charge in [0.25, 0.3) is 0 Å². The van der Waals surface area contributed by atoms with Gasteiger partial charge in [0.1, 0.15) is 11.4 Å². The molecule has 0 spiro atoms. The van der Waals surface area contributed by atoms with Gasteiger partial charge in [-0.1, -0.05) is 85.6 Å². The van der Waals surface area contributed by atoms with Crippen molar-refractivity contribution in [2.75, 3.05) is 13.2 Å². The molecule has 0 saturated heterocycles. The van der Waals surface area contributed by atoms with E-state index in [1.54, 1.807) is 18.2 Å². The van der Waals surface area contributed by atoms with Gasteiger partial charge in [0, 0.05) is 0 Å². The summed E-state index contributed by atoms with van der Waals surface area (Å²) < 4.78 is 10.7. The molecule has 0 aromatic carbocycles. The number of hydrogen-bond acceptors (Lipinski definition) is 5. The van der Waals surface area contributed by atoms with Crippen molar-refractivity contribution in [3.63, 3.8) is 0 Å². The second-order valence-corrected chi connectivity index (χ2v) is 9.49. The molecule has 1 rings (SSSR count). The molecular formula is C25H41NO4. The van der Waals surface area contributed by atoms with Gasteiger partial charge in [-0.25, -0.2) is 14.6 Å². The summed E-state index contributed by atoms with van der Waals surface area (Å²) in [4.78, 5) is 28.6. The second kappa shape index (κ2) is 14.2. The predicted octanol–water partition coefficient (Wildman–Crippen LogP) is 6.61. The van der Waals surface area contributed by atoms with Gasteiger partial charge in [-0.2, -0.15) is 0 Å². The van der Waals surface area contributed by atoms with Gasteiger partial charge in [-0.3, -0.25) is 0 Å². The van der Waals surface area contributed by atoms with E-state index in [2.05, 4.69) is 39.6 Å². The van der Waals surface area contributed by atoms with Gasteiger partial charge in [-0.15, -0.1) is 0 Å². The molecule has 1 aromatic heterocycles. The monoisotopic (exact) mass is 419 g/mol. The lowest BCUT2D eigenvalue weighted by Crippen LogP contribution is -2.19. The Hall–Kier alpha value is -1.91. The molecule has 0 radical (unpaired) electrons. The first kappa shape index (κ1) is 26.1. The summed E-state index contributed by atoms with van der Waals surface area (Å²) in [5.74, 6) is -0.740. The lowest BCUT2D eigenvalue weighted by Gasteiger charge is -2.22. The minimum absolute atomic E-state index is 0.138. The number of pyridine rings is 1. The third kappa shape index (κ3) is 11.9. The minimum atomic E-state index is -0.506. The Morgan fingerprint density at radius 1 is 0.900 bits per heavy atom. The summed E-state index contributed by atoms with van der Waals surface area (Å²) in [6.07, 6.45) is 10.5. The van der Waals surface area contributed by atoms with Crippen LogP contribution >= 0.6 is 0 Å². The zero-order valence-corrected chi connectivity index (χ0v) is 19.7. The van der Waals surface area contributed by atoms with Crippen LogP contribution in [0.15, 0.2) is 18.2 Å². The van der Waals surface area contributed by atoms with Crippen molar-refractivity contribution >= 4 is 11.9 Å². The predicted molar refractivity (Wildman–Crippen MR) is 121 cm³/mol. The molecule has 170 valence electrons. The van der Waals surface area contributed by atoms with Gasteiger partial charge in [0.15, 0.2) is 0 Å². The van der Waals surface area contributed by atoms with Crippen molar-refractivity contribution in [3.8, 4) is 0 Å². The number of carbonyl (C=O) groups excluding carboxylic acids is 2. The fourth-order valence-electron chi connectivity index (χ4n) is 3.53.